The lowest BCUT2D eigenvalue weighted by Crippen LogP contribution is -2.49. The molecule has 2 aromatic heterocycles. The molecule has 1 amide bonds. The first-order valence-electron chi connectivity index (χ1n) is 8.89. The van der Waals surface area contributed by atoms with Crippen molar-refractivity contribution in [2.24, 2.45) is 0 Å². The molecule has 1 fully saturated rings. The van der Waals surface area contributed by atoms with Gasteiger partial charge in [-0.2, -0.15) is 0 Å². The van der Waals surface area contributed by atoms with Gasteiger partial charge in [-0.1, -0.05) is 6.07 Å². The molecule has 0 atom stereocenters. The molecule has 0 radical (unpaired) electrons. The minimum absolute atomic E-state index is 0.0973. The van der Waals surface area contributed by atoms with Gasteiger partial charge in [0, 0.05) is 53.8 Å². The van der Waals surface area contributed by atoms with Gasteiger partial charge in [-0.3, -0.25) is 4.79 Å². The molecule has 0 bridgehead atoms. The van der Waals surface area contributed by atoms with Gasteiger partial charge >= 0.3 is 0 Å². The van der Waals surface area contributed by atoms with Gasteiger partial charge in [0.15, 0.2) is 0 Å². The molecule has 0 unspecified atom stereocenters. The zero-order valence-electron chi connectivity index (χ0n) is 15.0. The van der Waals surface area contributed by atoms with Crippen molar-refractivity contribution in [2.75, 3.05) is 31.1 Å². The average molecular weight is 473 g/mol. The minimum Gasteiger partial charge on any atom is -0.353 e. The third-order valence-electron chi connectivity index (χ3n) is 4.64. The van der Waals surface area contributed by atoms with Gasteiger partial charge < -0.3 is 14.4 Å². The maximum atomic E-state index is 12.7. The van der Waals surface area contributed by atoms with E-state index in [1.54, 1.807) is 0 Å². The Morgan fingerprint density at radius 3 is 2.37 bits per heavy atom. The third-order valence-corrected chi connectivity index (χ3v) is 5.31. The van der Waals surface area contributed by atoms with E-state index in [9.17, 15) is 4.79 Å². The molecule has 1 aromatic carbocycles. The number of benzene rings is 1. The van der Waals surface area contributed by atoms with E-state index in [2.05, 4.69) is 37.5 Å². The minimum atomic E-state index is 0.0973. The quantitative estimate of drug-likeness (QED) is 0.549. The molecule has 0 saturated carbocycles. The van der Waals surface area contributed by atoms with Crippen molar-refractivity contribution >= 4 is 34.3 Å². The van der Waals surface area contributed by atoms with Crippen molar-refractivity contribution in [1.82, 2.24) is 19.4 Å². The number of amides is 1. The van der Waals surface area contributed by atoms with Crippen LogP contribution in [0.4, 0.5) is 5.82 Å². The van der Waals surface area contributed by atoms with Crippen molar-refractivity contribution < 1.29 is 4.79 Å². The fourth-order valence-corrected chi connectivity index (χ4v) is 3.80. The molecule has 1 saturated heterocycles. The normalized spacial score (nSPS) is 14.4. The number of carbonyl (C=O) groups is 1. The number of nitrogens with zero attached hydrogens (tertiary/aromatic N) is 5. The maximum absolute atomic E-state index is 12.7. The highest BCUT2D eigenvalue weighted by Crippen LogP contribution is 2.19. The number of aromatic nitrogens is 3. The zero-order valence-corrected chi connectivity index (χ0v) is 17.2. The van der Waals surface area contributed by atoms with Crippen LogP contribution in [0.5, 0.6) is 0 Å². The van der Waals surface area contributed by atoms with Crippen LogP contribution in [0.2, 0.25) is 0 Å². The summed E-state index contributed by atoms with van der Waals surface area (Å²) in [5, 5.41) is 0. The van der Waals surface area contributed by atoms with E-state index in [0.717, 1.165) is 39.7 Å². The number of piperazine rings is 1. The van der Waals surface area contributed by atoms with E-state index < -0.39 is 0 Å². The fraction of sp³-hybridized carbons (Fsp3) is 0.250. The van der Waals surface area contributed by atoms with Crippen molar-refractivity contribution in [3.05, 3.63) is 69.8 Å². The first-order chi connectivity index (χ1) is 13.1. The predicted molar refractivity (Wildman–Crippen MR) is 113 cm³/mol. The first-order valence-corrected chi connectivity index (χ1v) is 9.97. The Labute approximate surface area is 172 Å². The number of carbonyl (C=O) groups excluding carboxylic acids is 1. The Morgan fingerprint density at radius 1 is 0.963 bits per heavy atom. The monoisotopic (exact) mass is 473 g/mol. The molecule has 138 valence electrons. The smallest absolute Gasteiger partial charge is 0.254 e. The van der Waals surface area contributed by atoms with E-state index in [4.69, 9.17) is 0 Å². The summed E-state index contributed by atoms with van der Waals surface area (Å²) in [7, 11) is 0. The number of anilines is 1. The summed E-state index contributed by atoms with van der Waals surface area (Å²) in [5.74, 6) is 2.61. The molecule has 0 spiro atoms. The van der Waals surface area contributed by atoms with Crippen molar-refractivity contribution in [2.45, 2.75) is 6.92 Å². The summed E-state index contributed by atoms with van der Waals surface area (Å²) < 4.78 is 3.06. The third kappa shape index (κ3) is 3.97. The van der Waals surface area contributed by atoms with Crippen LogP contribution in [0, 0.1) is 10.5 Å². The molecule has 0 N–H and O–H groups in total. The van der Waals surface area contributed by atoms with Crippen LogP contribution < -0.4 is 4.90 Å². The van der Waals surface area contributed by atoms with Crippen molar-refractivity contribution in [1.29, 1.82) is 0 Å². The summed E-state index contributed by atoms with van der Waals surface area (Å²) in [6, 6.07) is 13.7. The van der Waals surface area contributed by atoms with Gasteiger partial charge in [-0.15, -0.1) is 0 Å². The lowest BCUT2D eigenvalue weighted by molar-refractivity contribution is 0.0746. The molecule has 3 heterocycles. The van der Waals surface area contributed by atoms with Gasteiger partial charge in [0.1, 0.15) is 17.5 Å². The number of aryl methyl sites for hydroxylation is 1. The Morgan fingerprint density at radius 2 is 1.67 bits per heavy atom. The van der Waals surface area contributed by atoms with Crippen LogP contribution in [0.3, 0.4) is 0 Å². The second-order valence-corrected chi connectivity index (χ2v) is 7.76. The molecular formula is C20H20IN5O. The molecule has 1 aliphatic heterocycles. The largest absolute Gasteiger partial charge is 0.353 e. The highest BCUT2D eigenvalue weighted by atomic mass is 127. The van der Waals surface area contributed by atoms with E-state index in [0.29, 0.717) is 13.1 Å². The van der Waals surface area contributed by atoms with Crippen LogP contribution in [-0.2, 0) is 0 Å². The first kappa shape index (κ1) is 18.0. The number of hydrogen-bond acceptors (Lipinski definition) is 4. The van der Waals surface area contributed by atoms with Crippen LogP contribution in [-0.4, -0.2) is 51.5 Å². The fourth-order valence-electron chi connectivity index (χ4n) is 3.26. The van der Waals surface area contributed by atoms with E-state index >= 15 is 0 Å². The summed E-state index contributed by atoms with van der Waals surface area (Å²) in [6.45, 7) is 4.81. The molecule has 7 heteroatoms. The highest BCUT2D eigenvalue weighted by molar-refractivity contribution is 14.1. The Kier molecular flexibility index (Phi) is 5.11. The zero-order chi connectivity index (χ0) is 18.8. The van der Waals surface area contributed by atoms with Gasteiger partial charge in [0.25, 0.3) is 5.91 Å². The topological polar surface area (TPSA) is 54.3 Å². The van der Waals surface area contributed by atoms with E-state index in [-0.39, 0.29) is 5.91 Å². The highest BCUT2D eigenvalue weighted by Gasteiger charge is 2.23. The van der Waals surface area contributed by atoms with Gasteiger partial charge in [-0.05, 0) is 59.8 Å². The number of rotatable bonds is 3. The Bertz CT molecular complexity index is 949. The summed E-state index contributed by atoms with van der Waals surface area (Å²) in [6.07, 6.45) is 3.95. The predicted octanol–water partition coefficient (Wildman–Crippen LogP) is 3.14. The molecular weight excluding hydrogens is 453 g/mol. The number of hydrogen-bond donors (Lipinski definition) is 0. The second-order valence-electron chi connectivity index (χ2n) is 6.51. The van der Waals surface area contributed by atoms with Crippen LogP contribution >= 0.6 is 22.6 Å². The summed E-state index contributed by atoms with van der Waals surface area (Å²) in [5.41, 5.74) is 0.753. The van der Waals surface area contributed by atoms with Crippen molar-refractivity contribution in [3.8, 4) is 5.82 Å². The van der Waals surface area contributed by atoms with Gasteiger partial charge in [0.05, 0.1) is 0 Å². The summed E-state index contributed by atoms with van der Waals surface area (Å²) in [4.78, 5) is 26.0. The number of halogens is 1. The van der Waals surface area contributed by atoms with E-state index in [1.807, 2.05) is 71.2 Å². The van der Waals surface area contributed by atoms with Gasteiger partial charge in [-0.25, -0.2) is 9.97 Å². The Hall–Kier alpha value is -2.42. The Balaban J connectivity index is 1.47. The second kappa shape index (κ2) is 7.67. The molecule has 6 nitrogen and oxygen atoms in total. The molecule has 27 heavy (non-hydrogen) atoms. The SMILES string of the molecule is Cc1nc(N2CCN(C(=O)c3cccc(I)c3)CC2)cc(-n2cccc2)n1. The molecule has 1 aliphatic rings. The van der Waals surface area contributed by atoms with Crippen LogP contribution in [0.1, 0.15) is 16.2 Å². The lowest BCUT2D eigenvalue weighted by atomic mass is 10.2. The molecule has 3 aromatic rings. The summed E-state index contributed by atoms with van der Waals surface area (Å²) >= 11 is 2.24. The molecule has 4 rings (SSSR count). The standard InChI is InChI=1S/C20H20IN5O/c1-15-22-18(24-7-2-3-8-24)14-19(23-15)25-9-11-26(12-10-25)20(27)16-5-4-6-17(21)13-16/h2-8,13-14H,9-12H2,1H3. The maximum Gasteiger partial charge on any atom is 0.254 e. The molecule has 0 aliphatic carbocycles. The van der Waals surface area contributed by atoms with Gasteiger partial charge in [0.2, 0.25) is 0 Å². The van der Waals surface area contributed by atoms with Crippen LogP contribution in [0.25, 0.3) is 5.82 Å². The average Bonchev–Trinajstić information content (AvgIpc) is 3.22. The van der Waals surface area contributed by atoms with E-state index in [1.165, 1.54) is 0 Å². The van der Waals surface area contributed by atoms with Crippen LogP contribution in [0.15, 0.2) is 54.9 Å². The lowest BCUT2D eigenvalue weighted by Gasteiger charge is -2.35. The van der Waals surface area contributed by atoms with Crippen molar-refractivity contribution in [3.63, 3.8) is 0 Å².